The van der Waals surface area contributed by atoms with Crippen molar-refractivity contribution in [1.29, 1.82) is 5.41 Å². The van der Waals surface area contributed by atoms with Crippen molar-refractivity contribution in [2.75, 3.05) is 26.2 Å². The fourth-order valence-electron chi connectivity index (χ4n) is 12.8. The average Bonchev–Trinajstić information content (AvgIpc) is 1.62. The van der Waals surface area contributed by atoms with E-state index in [0.29, 0.717) is 33.7 Å². The van der Waals surface area contributed by atoms with Gasteiger partial charge in [0.1, 0.15) is 66.1 Å². The van der Waals surface area contributed by atoms with Crippen LogP contribution in [0.5, 0.6) is 0 Å². The molecule has 110 heavy (non-hydrogen) atoms. The van der Waals surface area contributed by atoms with Crippen molar-refractivity contribution < 1.29 is 62.6 Å². The summed E-state index contributed by atoms with van der Waals surface area (Å²) in [7, 11) is 0. The second-order valence-electron chi connectivity index (χ2n) is 27.6. The van der Waals surface area contributed by atoms with Gasteiger partial charge in [-0.1, -0.05) is 110 Å². The number of nitrogens with zero attached hydrogens (tertiary/aromatic N) is 3. The van der Waals surface area contributed by atoms with Gasteiger partial charge in [-0.15, -0.1) is 0 Å². The molecule has 7 aromatic rings. The number of nitrogens with one attached hydrogen (secondary N) is 13. The number of aromatic amines is 1. The highest BCUT2D eigenvalue weighted by molar-refractivity contribution is 6.30. The highest BCUT2D eigenvalue weighted by Gasteiger charge is 2.41. The van der Waals surface area contributed by atoms with Gasteiger partial charge in [-0.05, 0) is 134 Å². The average molecular weight is 1530 g/mol. The van der Waals surface area contributed by atoms with Crippen LogP contribution in [0.4, 0.5) is 0 Å². The van der Waals surface area contributed by atoms with E-state index in [0.717, 1.165) is 21.7 Å². The first-order valence-corrected chi connectivity index (χ1v) is 37.0. The number of unbranched alkanes of at least 4 members (excludes halogenated alkanes) is 1. The Bertz CT molecular complexity index is 4380. The van der Waals surface area contributed by atoms with Gasteiger partial charge in [0.15, 0.2) is 5.96 Å². The number of benzene rings is 4. The van der Waals surface area contributed by atoms with Crippen molar-refractivity contribution >= 4 is 110 Å². The van der Waals surface area contributed by atoms with Crippen LogP contribution in [0.2, 0.25) is 5.02 Å². The maximum Gasteiger partial charge on any atom is 0.269 e. The van der Waals surface area contributed by atoms with Gasteiger partial charge in [-0.25, -0.2) is 0 Å². The van der Waals surface area contributed by atoms with Gasteiger partial charge in [0.2, 0.25) is 65.0 Å². The summed E-state index contributed by atoms with van der Waals surface area (Å²) in [5.74, 6) is -10.0. The molecule has 1 aliphatic rings. The molecule has 12 amide bonds. The van der Waals surface area contributed by atoms with Crippen LogP contribution in [0, 0.1) is 11.3 Å². The van der Waals surface area contributed by atoms with E-state index in [9.17, 15) is 57.8 Å². The Morgan fingerprint density at radius 2 is 1.14 bits per heavy atom. The summed E-state index contributed by atoms with van der Waals surface area (Å²) in [5, 5.41) is 51.5. The number of H-pyrrole nitrogens is 1. The molecule has 18 N–H and O–H groups in total. The van der Waals surface area contributed by atoms with E-state index >= 15 is 4.79 Å². The number of likely N-dealkylation sites (tertiary alicyclic amines) is 1. The Labute approximate surface area is 641 Å². The van der Waals surface area contributed by atoms with Crippen LogP contribution in [0.15, 0.2) is 146 Å². The molecule has 4 heterocycles. The van der Waals surface area contributed by atoms with E-state index in [4.69, 9.17) is 28.5 Å². The molecule has 32 heteroatoms. The van der Waals surface area contributed by atoms with Gasteiger partial charge < -0.3 is 84.9 Å². The van der Waals surface area contributed by atoms with Crippen LogP contribution < -0.4 is 70.0 Å². The monoisotopic (exact) mass is 1530 g/mol. The summed E-state index contributed by atoms with van der Waals surface area (Å²) in [6.45, 7) is 5.45. The number of aromatic nitrogens is 3. The molecule has 10 atom stereocenters. The predicted octanol–water partition coefficient (Wildman–Crippen LogP) is 1.82. The van der Waals surface area contributed by atoms with Crippen LogP contribution in [-0.4, -0.2) is 188 Å². The third-order valence-corrected chi connectivity index (χ3v) is 18.8. The summed E-state index contributed by atoms with van der Waals surface area (Å²) in [4.78, 5) is 183. The van der Waals surface area contributed by atoms with Crippen molar-refractivity contribution in [2.24, 2.45) is 17.4 Å². The van der Waals surface area contributed by atoms with Crippen molar-refractivity contribution in [3.05, 3.63) is 179 Å². The van der Waals surface area contributed by atoms with E-state index in [1.165, 1.54) is 43.4 Å². The molecule has 0 radical (unpaired) electrons. The van der Waals surface area contributed by atoms with E-state index < -0.39 is 138 Å². The smallest absolute Gasteiger partial charge is 0.269 e. The van der Waals surface area contributed by atoms with E-state index in [2.05, 4.69) is 73.4 Å². The van der Waals surface area contributed by atoms with Crippen LogP contribution in [0.3, 0.4) is 0 Å². The normalized spacial score (nSPS) is 15.0. The van der Waals surface area contributed by atoms with Gasteiger partial charge in [-0.2, -0.15) is 0 Å². The number of carbonyl (C=O) groups is 12. The molecule has 0 bridgehead atoms. The van der Waals surface area contributed by atoms with Crippen LogP contribution >= 0.6 is 11.6 Å². The third-order valence-electron chi connectivity index (χ3n) is 18.6. The van der Waals surface area contributed by atoms with Crippen molar-refractivity contribution in [3.8, 4) is 0 Å². The zero-order valence-electron chi connectivity index (χ0n) is 61.7. The van der Waals surface area contributed by atoms with Crippen LogP contribution in [-0.2, 0) is 78.4 Å². The summed E-state index contributed by atoms with van der Waals surface area (Å²) in [5.41, 5.74) is 14.3. The van der Waals surface area contributed by atoms with Crippen LogP contribution in [0.25, 0.3) is 21.7 Å². The summed E-state index contributed by atoms with van der Waals surface area (Å²) in [6, 6.07) is 21.2. The third kappa shape index (κ3) is 25.4. The zero-order valence-corrected chi connectivity index (χ0v) is 62.5. The Morgan fingerprint density at radius 1 is 0.573 bits per heavy atom. The molecule has 0 aliphatic carbocycles. The Balaban J connectivity index is 1.04. The Morgan fingerprint density at radius 3 is 1.77 bits per heavy atom. The topological polar surface area (TPSA) is 478 Å². The van der Waals surface area contributed by atoms with E-state index in [-0.39, 0.29) is 108 Å². The molecule has 31 nitrogen and oxygen atoms in total. The van der Waals surface area contributed by atoms with E-state index in [1.54, 1.807) is 68.6 Å². The molecule has 8 rings (SSSR count). The minimum atomic E-state index is -1.83. The molecule has 584 valence electrons. The summed E-state index contributed by atoms with van der Waals surface area (Å²) in [6.07, 6.45) is 6.43. The Hall–Kier alpha value is -11.9. The molecule has 1 saturated heterocycles. The SMILES string of the molecule is CC(=O)N[C@@H](Cc1ccc2ccccc2c1)C(=O)N[C@H](Cc1ccc(Cl)cc1)C(=O)N[C@H](Cc1cccnc1)C(=O)N[C@@H](CO)C(=O)N[C@@H](CCCCNC(=O)c1ccccn1)C(=O)N[C@H](CCCNC(=N)N)C(=O)N[C@@H](CC(C)C)C(=O)N[C@@H](Cc1c[nH]c2ccccc12)C(=O)N1CCC[C@H]1C(=O)NC(C)C(N)=O. The number of aliphatic hydroxyl groups excluding tert-OH is 1. The molecule has 0 saturated carbocycles. The number of nitrogens with two attached hydrogens (primary N) is 2. The van der Waals surface area contributed by atoms with E-state index in [1.807, 2.05) is 66.7 Å². The number of primary amides is 1. The highest BCUT2D eigenvalue weighted by Crippen LogP contribution is 2.25. The summed E-state index contributed by atoms with van der Waals surface area (Å²) >= 11 is 6.25. The molecule has 3 aromatic heterocycles. The van der Waals surface area contributed by atoms with Crippen molar-refractivity contribution in [2.45, 2.75) is 165 Å². The first-order valence-electron chi connectivity index (χ1n) is 36.6. The molecular weight excluding hydrogens is 1430 g/mol. The molecular formula is C78H97ClN18O13. The predicted molar refractivity (Wildman–Crippen MR) is 412 cm³/mol. The summed E-state index contributed by atoms with van der Waals surface area (Å²) < 4.78 is 0. The first kappa shape index (κ1) is 83.8. The number of aliphatic hydroxyl groups is 1. The number of fused-ring (bicyclic) bond motifs is 2. The molecule has 4 aromatic carbocycles. The number of hydrogen-bond acceptors (Lipinski definition) is 16. The fourth-order valence-corrected chi connectivity index (χ4v) is 12.9. The number of carbonyl (C=O) groups excluding carboxylic acids is 12. The number of hydrogen-bond donors (Lipinski definition) is 16. The lowest BCUT2D eigenvalue weighted by Gasteiger charge is -2.31. The molecule has 1 aliphatic heterocycles. The lowest BCUT2D eigenvalue weighted by Crippen LogP contribution is -2.61. The number of para-hydroxylation sites is 1. The fraction of sp³-hybridized carbons (Fsp3) is 0.397. The first-order chi connectivity index (χ1) is 52.7. The van der Waals surface area contributed by atoms with Crippen molar-refractivity contribution in [3.63, 3.8) is 0 Å². The largest absolute Gasteiger partial charge is 0.394 e. The Kier molecular flexibility index (Phi) is 31.6. The standard InChI is InChI=1S/C78H97ClN18O13/c1-45(2)36-60(71(104)95-64(41-53-43-87-56-20-8-7-19-55(53)56)77(110)97-35-15-24-66(97)76(109)88-46(3)67(80)100)92-70(103)59(23-14-34-86-78(81)82)90-69(102)58(22-10-12-33-85-68(101)57-21-9-11-32-84-57)91-75(108)65(44-98)96-74(107)63(40-50-16-13-31-83-42-50)94-73(106)62(38-48-26-29-54(79)30-27-48)93-72(105)61(89-47(4)99)39-49-25-28-51-17-5-6-18-52(51)37-49/h5-9,11,13,16-21,25-32,37,42-43,45-46,58-66,87,98H,10,12,14-15,22-24,33-36,38-41,44H2,1-4H3,(H2,80,100)(H,85,101)(H,88,109)(H,89,99)(H,90,102)(H,91,108)(H,92,103)(H,93,105)(H,94,106)(H,95,104)(H,96,107)(H4,81,82,86)/t46?,58-,59+,60-,61-,62+,63+,64-,65-,66-/m0/s1. The maximum atomic E-state index is 15.0. The second kappa shape index (κ2) is 41.5. The molecule has 1 fully saturated rings. The van der Waals surface area contributed by atoms with Gasteiger partial charge in [0.05, 0.1) is 6.61 Å². The lowest BCUT2D eigenvalue weighted by atomic mass is 9.99. The number of guanidine groups is 1. The number of amides is 12. The van der Waals surface area contributed by atoms with Gasteiger partial charge in [0, 0.05) is 93.0 Å². The van der Waals surface area contributed by atoms with Crippen LogP contribution in [0.1, 0.15) is 112 Å². The minimum Gasteiger partial charge on any atom is -0.394 e. The van der Waals surface area contributed by atoms with Crippen molar-refractivity contribution in [1.82, 2.24) is 78.3 Å². The quantitative estimate of drug-likeness (QED) is 0.0148. The van der Waals surface area contributed by atoms with Gasteiger partial charge >= 0.3 is 0 Å². The number of rotatable bonds is 40. The van der Waals surface area contributed by atoms with Gasteiger partial charge in [-0.3, -0.25) is 72.9 Å². The molecule has 0 spiro atoms. The minimum absolute atomic E-state index is 0.00268. The van der Waals surface area contributed by atoms with Gasteiger partial charge in [0.25, 0.3) is 5.91 Å². The number of pyridine rings is 2. The maximum absolute atomic E-state index is 15.0. The second-order valence-corrected chi connectivity index (χ2v) is 28.0. The highest BCUT2D eigenvalue weighted by atomic mass is 35.5. The zero-order chi connectivity index (χ0) is 79.4. The molecule has 1 unspecified atom stereocenters. The lowest BCUT2D eigenvalue weighted by molar-refractivity contribution is -0.142. The number of halogens is 1.